The Morgan fingerprint density at radius 2 is 0.428 bits per heavy atom. The van der Waals surface area contributed by atoms with E-state index in [1.807, 2.05) is 0 Å². The number of aromatic nitrogens is 7. The largest absolute Gasteiger partial charge is 0.309 e. The molecule has 8 nitrogen and oxygen atoms in total. The van der Waals surface area contributed by atoms with E-state index in [2.05, 4.69) is 557 Å². The smallest absolute Gasteiger partial charge is 0.146 e. The van der Waals surface area contributed by atoms with Crippen LogP contribution in [-0.4, -0.2) is 33.2 Å². The number of benzene rings is 23. The van der Waals surface area contributed by atoms with E-state index in [-0.39, 0.29) is 0 Å². The fourth-order valence-electron chi connectivity index (χ4n) is 22.7. The van der Waals surface area contributed by atoms with Gasteiger partial charge in [-0.3, -0.25) is 4.90 Å². The molecule has 0 saturated heterocycles. The van der Waals surface area contributed by atoms with E-state index >= 15 is 0 Å². The molecular weight excluding hydrogens is 1760 g/mol. The molecule has 145 heavy (non-hydrogen) atoms. The van der Waals surface area contributed by atoms with Gasteiger partial charge >= 0.3 is 0 Å². The van der Waals surface area contributed by atoms with E-state index in [0.29, 0.717) is 0 Å². The second-order valence-electron chi connectivity index (χ2n) is 37.6. The maximum absolute atomic E-state index is 5.31. The summed E-state index contributed by atoms with van der Waals surface area (Å²) in [5, 5.41) is 25.5. The number of pyridine rings is 3. The number of fused-ring (bicyclic) bond motifs is 24. The highest BCUT2D eigenvalue weighted by atomic mass is 15.2. The number of anilines is 3. The minimum Gasteiger partial charge on any atom is -0.309 e. The topological polar surface area (TPSA) is 61.6 Å². The van der Waals surface area contributed by atoms with Gasteiger partial charge in [-0.25, -0.2) is 15.0 Å². The quantitative estimate of drug-likeness (QED) is 0.114. The van der Waals surface area contributed by atoms with Crippen molar-refractivity contribution in [3.8, 4) is 78.6 Å². The first kappa shape index (κ1) is 83.7. The third-order valence-corrected chi connectivity index (χ3v) is 29.4. The molecule has 676 valence electrons. The molecule has 23 aromatic carbocycles. The maximum Gasteiger partial charge on any atom is 0.146 e. The molecule has 0 aliphatic heterocycles. The van der Waals surface area contributed by atoms with Crippen molar-refractivity contribution in [1.82, 2.24) is 33.2 Å². The minimum atomic E-state index is 0.921. The molecular formula is C137H88N8. The van der Waals surface area contributed by atoms with Crippen molar-refractivity contribution in [2.45, 2.75) is 0 Å². The molecule has 8 heteroatoms. The summed E-state index contributed by atoms with van der Waals surface area (Å²) in [6, 6.07) is 192. The zero-order chi connectivity index (χ0) is 95.5. The molecule has 0 aliphatic rings. The highest BCUT2D eigenvalue weighted by molar-refractivity contribution is 6.20. The van der Waals surface area contributed by atoms with E-state index in [9.17, 15) is 0 Å². The Hall–Kier alpha value is -19.4. The second kappa shape index (κ2) is 34.9. The molecule has 0 N–H and O–H groups in total. The van der Waals surface area contributed by atoms with Crippen LogP contribution in [0, 0.1) is 0 Å². The lowest BCUT2D eigenvalue weighted by molar-refractivity contribution is 1.18. The Balaban J connectivity index is 0.000000106. The van der Waals surface area contributed by atoms with Crippen molar-refractivity contribution < 1.29 is 0 Å². The Morgan fingerprint density at radius 3 is 0.931 bits per heavy atom. The van der Waals surface area contributed by atoms with Crippen LogP contribution in [0.5, 0.6) is 0 Å². The molecule has 0 spiro atoms. The number of rotatable bonds is 12. The lowest BCUT2D eigenvalue weighted by atomic mass is 9.98. The molecule has 0 radical (unpaired) electrons. The van der Waals surface area contributed by atoms with Crippen LogP contribution in [0.3, 0.4) is 0 Å². The lowest BCUT2D eigenvalue weighted by Gasteiger charge is -2.27. The Labute approximate surface area is 835 Å². The molecule has 0 aliphatic carbocycles. The highest BCUT2D eigenvalue weighted by Gasteiger charge is 2.26. The van der Waals surface area contributed by atoms with Crippen LogP contribution in [0.15, 0.2) is 534 Å². The van der Waals surface area contributed by atoms with Crippen molar-refractivity contribution in [3.63, 3.8) is 0 Å². The first-order chi connectivity index (χ1) is 71.9. The van der Waals surface area contributed by atoms with Gasteiger partial charge in [0.25, 0.3) is 0 Å². The number of para-hydroxylation sites is 9. The Kier molecular flexibility index (Phi) is 20.1. The van der Waals surface area contributed by atoms with Crippen molar-refractivity contribution >= 4 is 191 Å². The summed E-state index contributed by atoms with van der Waals surface area (Å²) < 4.78 is 9.55. The van der Waals surface area contributed by atoms with Gasteiger partial charge in [0, 0.05) is 121 Å². The summed E-state index contributed by atoms with van der Waals surface area (Å²) >= 11 is 0. The normalized spacial score (nSPS) is 11.7. The average Bonchev–Trinajstić information content (AvgIpc) is 1.60. The second-order valence-corrected chi connectivity index (χ2v) is 37.6. The van der Waals surface area contributed by atoms with Gasteiger partial charge in [0.1, 0.15) is 5.82 Å². The molecule has 7 heterocycles. The van der Waals surface area contributed by atoms with Crippen molar-refractivity contribution in [3.05, 3.63) is 534 Å². The maximum atomic E-state index is 5.31. The van der Waals surface area contributed by atoms with Gasteiger partial charge < -0.3 is 18.3 Å². The van der Waals surface area contributed by atoms with Gasteiger partial charge in [0.15, 0.2) is 0 Å². The number of hydrogen-bond acceptors (Lipinski definition) is 4. The van der Waals surface area contributed by atoms with E-state index in [1.54, 1.807) is 0 Å². The first-order valence-corrected chi connectivity index (χ1v) is 49.6. The van der Waals surface area contributed by atoms with Gasteiger partial charge in [-0.2, -0.15) is 0 Å². The molecule has 0 amide bonds. The zero-order valence-corrected chi connectivity index (χ0v) is 78.9. The monoisotopic (exact) mass is 1840 g/mol. The summed E-state index contributed by atoms with van der Waals surface area (Å²) in [5.41, 5.74) is 30.7. The highest BCUT2D eigenvalue weighted by Crippen LogP contribution is 2.48. The van der Waals surface area contributed by atoms with Gasteiger partial charge in [0.2, 0.25) is 0 Å². The standard InChI is InChI=1S/2C49H31N3.C39H26N2/c1-3-13-35(14-4-1)51-45-22-12-10-19-39(45)42-29-32(24-27-46(42)51)33-25-28-47-43(30-33)40-26-23-34(31-48(40)52(47)36-15-5-2-6-16-36)49-41-20-8-7-17-37(41)38-18-9-11-21-44(38)50-49;1-3-13-35(14-4-1)51-46-27-24-32(33-23-26-40-39-19-10-12-22-45(39)52(48(40)31-33)36-15-5-2-6-16-36)29-42(46)43-30-34(25-28-47(43)51)49-41-20-8-7-17-37(41)38-18-9-11-21-44(38)50-49;1-2-11-27(12-3-1)29-14-10-15-31(25-29)41(32-23-24-34-30(26-32)22-21-28-13-4-5-16-33(28)34)39-37-19-7-6-17-35(37)36-18-8-9-20-38(36)40-39/h2*1-31H;1-26H. The van der Waals surface area contributed by atoms with Crippen LogP contribution in [0.4, 0.5) is 17.2 Å². The third kappa shape index (κ3) is 14.3. The molecule has 0 saturated carbocycles. The van der Waals surface area contributed by atoms with Crippen LogP contribution in [0.25, 0.3) is 252 Å². The van der Waals surface area contributed by atoms with Crippen LogP contribution >= 0.6 is 0 Å². The molecule has 0 atom stereocenters. The van der Waals surface area contributed by atoms with E-state index < -0.39 is 0 Å². The molecule has 7 aromatic heterocycles. The van der Waals surface area contributed by atoms with Crippen molar-refractivity contribution in [2.75, 3.05) is 4.90 Å². The Bertz CT molecular complexity index is 10400. The van der Waals surface area contributed by atoms with Gasteiger partial charge in [0.05, 0.1) is 72.1 Å². The average molecular weight is 1850 g/mol. The van der Waals surface area contributed by atoms with Crippen LogP contribution in [-0.2, 0) is 0 Å². The SMILES string of the molecule is c1ccc(-c2cccc(N(c3ccc4c(ccc5ccccc54)c3)c3nc4ccccc4c4ccccc34)c2)cc1.c1ccc(-n2c3ccc(-c4ccc5c6ccccc6n(-c6ccccc6)c5c4)cc3c3cc(-c4nc5ccccc5c5ccccc45)ccc32)cc1.c1ccc(-n2c3ccccc3c3cc(-c4ccc5c(c4)c4ccc(-c6nc7ccccc7c7ccccc67)cc4n5-c4ccccc4)ccc32)cc1. The number of hydrogen-bond donors (Lipinski definition) is 0. The molecule has 0 fully saturated rings. The van der Waals surface area contributed by atoms with Crippen LogP contribution < -0.4 is 4.90 Å². The summed E-state index contributed by atoms with van der Waals surface area (Å²) in [5.74, 6) is 0.921. The predicted octanol–water partition coefficient (Wildman–Crippen LogP) is 36.7. The van der Waals surface area contributed by atoms with Crippen LogP contribution in [0.1, 0.15) is 0 Å². The van der Waals surface area contributed by atoms with Crippen molar-refractivity contribution in [2.24, 2.45) is 0 Å². The van der Waals surface area contributed by atoms with E-state index in [1.165, 1.54) is 169 Å². The third-order valence-electron chi connectivity index (χ3n) is 29.4. The first-order valence-electron chi connectivity index (χ1n) is 49.6. The van der Waals surface area contributed by atoms with E-state index in [0.717, 1.165) is 100 Å². The Morgan fingerprint density at radius 1 is 0.138 bits per heavy atom. The van der Waals surface area contributed by atoms with E-state index in [4.69, 9.17) is 15.0 Å². The lowest BCUT2D eigenvalue weighted by Crippen LogP contribution is -2.12. The molecule has 30 aromatic rings. The molecule has 30 rings (SSSR count). The zero-order valence-electron chi connectivity index (χ0n) is 78.9. The molecule has 0 unspecified atom stereocenters. The fourth-order valence-corrected chi connectivity index (χ4v) is 22.7. The van der Waals surface area contributed by atoms with Gasteiger partial charge in [-0.05, 0) is 235 Å². The summed E-state index contributed by atoms with van der Waals surface area (Å²) in [6.45, 7) is 0. The van der Waals surface area contributed by atoms with Gasteiger partial charge in [-0.1, -0.05) is 370 Å². The minimum absolute atomic E-state index is 0.921. The van der Waals surface area contributed by atoms with Crippen LogP contribution in [0.2, 0.25) is 0 Å². The summed E-state index contributed by atoms with van der Waals surface area (Å²) in [4.78, 5) is 18.1. The number of nitrogens with zero attached hydrogens (tertiary/aromatic N) is 8. The summed E-state index contributed by atoms with van der Waals surface area (Å²) in [6.07, 6.45) is 0. The summed E-state index contributed by atoms with van der Waals surface area (Å²) in [7, 11) is 0. The van der Waals surface area contributed by atoms with Gasteiger partial charge in [-0.15, -0.1) is 0 Å². The predicted molar refractivity (Wildman–Crippen MR) is 612 cm³/mol. The molecule has 0 bridgehead atoms. The fraction of sp³-hybridized carbons (Fsp3) is 0. The van der Waals surface area contributed by atoms with Crippen molar-refractivity contribution in [1.29, 1.82) is 0 Å².